The summed E-state index contributed by atoms with van der Waals surface area (Å²) in [5, 5.41) is 3.36. The molecule has 1 N–H and O–H groups in total. The molecule has 96 valence electrons. The number of rotatable bonds is 6. The van der Waals surface area contributed by atoms with Crippen molar-refractivity contribution in [2.24, 2.45) is 5.92 Å². The number of hydrogen-bond donors (Lipinski definition) is 1. The predicted molar refractivity (Wildman–Crippen MR) is 74.6 cm³/mol. The molecule has 0 spiro atoms. The van der Waals surface area contributed by atoms with Crippen molar-refractivity contribution in [3.05, 3.63) is 34.1 Å². The molecule has 1 atom stereocenters. The summed E-state index contributed by atoms with van der Waals surface area (Å²) in [6, 6.07) is 5.43. The first-order valence-electron chi connectivity index (χ1n) is 6.23. The second-order valence-electron chi connectivity index (χ2n) is 4.75. The summed E-state index contributed by atoms with van der Waals surface area (Å²) in [6.45, 7) is 7.30. The van der Waals surface area contributed by atoms with Gasteiger partial charge in [0, 0.05) is 16.1 Å². The Morgan fingerprint density at radius 3 is 2.53 bits per heavy atom. The summed E-state index contributed by atoms with van der Waals surface area (Å²) >= 11 is 3.29. The maximum Gasteiger partial charge on any atom is 0.129 e. The Kier molecular flexibility index (Phi) is 6.14. The van der Waals surface area contributed by atoms with Gasteiger partial charge in [-0.25, -0.2) is 4.39 Å². The molecular formula is C14H21BrFN. The van der Waals surface area contributed by atoms with E-state index in [9.17, 15) is 4.39 Å². The van der Waals surface area contributed by atoms with Crippen LogP contribution >= 0.6 is 15.9 Å². The molecule has 0 saturated heterocycles. The highest BCUT2D eigenvalue weighted by Crippen LogP contribution is 2.25. The molecule has 0 amide bonds. The number of nitrogens with one attached hydrogen (secondary N) is 1. The Labute approximate surface area is 112 Å². The van der Waals surface area contributed by atoms with Crippen LogP contribution in [0, 0.1) is 11.7 Å². The third-order valence-corrected chi connectivity index (χ3v) is 3.31. The van der Waals surface area contributed by atoms with E-state index in [1.165, 1.54) is 6.07 Å². The summed E-state index contributed by atoms with van der Waals surface area (Å²) in [5.41, 5.74) is 0.774. The molecule has 0 aliphatic rings. The van der Waals surface area contributed by atoms with E-state index in [0.717, 1.165) is 29.4 Å². The lowest BCUT2D eigenvalue weighted by Gasteiger charge is -2.20. The van der Waals surface area contributed by atoms with Crippen molar-refractivity contribution >= 4 is 15.9 Å². The monoisotopic (exact) mass is 301 g/mol. The second-order valence-corrected chi connectivity index (χ2v) is 5.66. The lowest BCUT2D eigenvalue weighted by molar-refractivity contribution is 0.434. The molecule has 0 saturated carbocycles. The Morgan fingerprint density at radius 2 is 2.00 bits per heavy atom. The summed E-state index contributed by atoms with van der Waals surface area (Å²) in [6.07, 6.45) is 2.08. The SMILES string of the molecule is CCNC(CCC(C)C)c1ccc(Br)cc1F. The van der Waals surface area contributed by atoms with Gasteiger partial charge in [-0.15, -0.1) is 0 Å². The van der Waals surface area contributed by atoms with E-state index in [0.29, 0.717) is 5.92 Å². The Hall–Kier alpha value is -0.410. The van der Waals surface area contributed by atoms with Gasteiger partial charge in [0.1, 0.15) is 5.82 Å². The fraction of sp³-hybridized carbons (Fsp3) is 0.571. The van der Waals surface area contributed by atoms with Crippen molar-refractivity contribution in [1.82, 2.24) is 5.32 Å². The average Bonchev–Trinajstić information content (AvgIpc) is 2.24. The third-order valence-electron chi connectivity index (χ3n) is 2.82. The fourth-order valence-electron chi connectivity index (χ4n) is 1.90. The van der Waals surface area contributed by atoms with Gasteiger partial charge < -0.3 is 5.32 Å². The second kappa shape index (κ2) is 7.12. The van der Waals surface area contributed by atoms with Crippen LogP contribution in [0.15, 0.2) is 22.7 Å². The van der Waals surface area contributed by atoms with Crippen LogP contribution in [0.25, 0.3) is 0 Å². The van der Waals surface area contributed by atoms with Gasteiger partial charge in [0.15, 0.2) is 0 Å². The minimum absolute atomic E-state index is 0.121. The molecule has 0 aliphatic carbocycles. The molecule has 17 heavy (non-hydrogen) atoms. The lowest BCUT2D eigenvalue weighted by atomic mass is 9.97. The van der Waals surface area contributed by atoms with Gasteiger partial charge in [-0.1, -0.05) is 42.8 Å². The molecule has 1 nitrogen and oxygen atoms in total. The first-order chi connectivity index (χ1) is 8.04. The molecule has 1 aromatic carbocycles. The third kappa shape index (κ3) is 4.76. The molecule has 0 aromatic heterocycles. The summed E-state index contributed by atoms with van der Waals surface area (Å²) in [5.74, 6) is 0.517. The van der Waals surface area contributed by atoms with Crippen LogP contribution in [0.5, 0.6) is 0 Å². The quantitative estimate of drug-likeness (QED) is 0.805. The molecule has 0 aliphatic heterocycles. The minimum atomic E-state index is -0.130. The van der Waals surface area contributed by atoms with E-state index < -0.39 is 0 Å². The van der Waals surface area contributed by atoms with Gasteiger partial charge in [-0.05, 0) is 37.4 Å². The van der Waals surface area contributed by atoms with E-state index >= 15 is 0 Å². The summed E-state index contributed by atoms with van der Waals surface area (Å²) in [4.78, 5) is 0. The molecule has 3 heteroatoms. The van der Waals surface area contributed by atoms with Crippen LogP contribution in [0.2, 0.25) is 0 Å². The Balaban J connectivity index is 2.81. The number of hydrogen-bond acceptors (Lipinski definition) is 1. The van der Waals surface area contributed by atoms with Gasteiger partial charge in [-0.2, -0.15) is 0 Å². The topological polar surface area (TPSA) is 12.0 Å². The van der Waals surface area contributed by atoms with Gasteiger partial charge in [-0.3, -0.25) is 0 Å². The van der Waals surface area contributed by atoms with Crippen LogP contribution < -0.4 is 5.32 Å². The maximum absolute atomic E-state index is 13.9. The van der Waals surface area contributed by atoms with Crippen LogP contribution in [0.4, 0.5) is 4.39 Å². The first-order valence-corrected chi connectivity index (χ1v) is 7.02. The molecule has 0 bridgehead atoms. The molecule has 0 heterocycles. The molecular weight excluding hydrogens is 281 g/mol. The van der Waals surface area contributed by atoms with Gasteiger partial charge in [0.2, 0.25) is 0 Å². The molecule has 0 radical (unpaired) electrons. The van der Waals surface area contributed by atoms with Gasteiger partial charge in [0.25, 0.3) is 0 Å². The standard InChI is InChI=1S/C14H21BrFN/c1-4-17-14(8-5-10(2)3)12-7-6-11(15)9-13(12)16/h6-7,9-10,14,17H,4-5,8H2,1-3H3. The zero-order chi connectivity index (χ0) is 12.8. The highest BCUT2D eigenvalue weighted by Gasteiger charge is 2.15. The first kappa shape index (κ1) is 14.7. The highest BCUT2D eigenvalue weighted by atomic mass is 79.9. The van der Waals surface area contributed by atoms with E-state index in [1.807, 2.05) is 12.1 Å². The molecule has 0 fully saturated rings. The summed E-state index contributed by atoms with van der Waals surface area (Å²) < 4.78 is 14.7. The fourth-order valence-corrected chi connectivity index (χ4v) is 2.23. The maximum atomic E-state index is 13.9. The normalized spacial score (nSPS) is 13.1. The van der Waals surface area contributed by atoms with Gasteiger partial charge >= 0.3 is 0 Å². The highest BCUT2D eigenvalue weighted by molar-refractivity contribution is 9.10. The lowest BCUT2D eigenvalue weighted by Crippen LogP contribution is -2.22. The van der Waals surface area contributed by atoms with E-state index in [1.54, 1.807) is 0 Å². The van der Waals surface area contributed by atoms with Gasteiger partial charge in [0.05, 0.1) is 0 Å². The summed E-state index contributed by atoms with van der Waals surface area (Å²) in [7, 11) is 0. The van der Waals surface area contributed by atoms with Crippen molar-refractivity contribution < 1.29 is 4.39 Å². The van der Waals surface area contributed by atoms with Crippen molar-refractivity contribution in [1.29, 1.82) is 0 Å². The molecule has 1 unspecified atom stereocenters. The average molecular weight is 302 g/mol. The van der Waals surface area contributed by atoms with Crippen molar-refractivity contribution in [2.75, 3.05) is 6.54 Å². The van der Waals surface area contributed by atoms with Crippen LogP contribution in [0.1, 0.15) is 45.2 Å². The van der Waals surface area contributed by atoms with Crippen molar-refractivity contribution in [3.8, 4) is 0 Å². The van der Waals surface area contributed by atoms with E-state index in [-0.39, 0.29) is 11.9 Å². The largest absolute Gasteiger partial charge is 0.310 e. The predicted octanol–water partition coefficient (Wildman–Crippen LogP) is 4.68. The van der Waals surface area contributed by atoms with Crippen LogP contribution in [0.3, 0.4) is 0 Å². The van der Waals surface area contributed by atoms with Crippen molar-refractivity contribution in [2.45, 2.75) is 39.7 Å². The Morgan fingerprint density at radius 1 is 1.29 bits per heavy atom. The smallest absolute Gasteiger partial charge is 0.129 e. The van der Waals surface area contributed by atoms with E-state index in [2.05, 4.69) is 42.0 Å². The number of halogens is 2. The zero-order valence-corrected chi connectivity index (χ0v) is 12.3. The van der Waals surface area contributed by atoms with E-state index in [4.69, 9.17) is 0 Å². The van der Waals surface area contributed by atoms with Crippen molar-refractivity contribution in [3.63, 3.8) is 0 Å². The number of benzene rings is 1. The zero-order valence-electron chi connectivity index (χ0n) is 10.8. The minimum Gasteiger partial charge on any atom is -0.310 e. The molecule has 1 rings (SSSR count). The van der Waals surface area contributed by atoms with Crippen LogP contribution in [-0.2, 0) is 0 Å². The van der Waals surface area contributed by atoms with Crippen LogP contribution in [-0.4, -0.2) is 6.54 Å². The molecule has 1 aromatic rings. The Bertz CT molecular complexity index is 352.